The molecule has 1 atom stereocenters. The molecule has 25 heavy (non-hydrogen) atoms. The van der Waals surface area contributed by atoms with E-state index in [1.807, 2.05) is 37.3 Å². The minimum atomic E-state index is -1.10. The highest BCUT2D eigenvalue weighted by atomic mass is 19.1. The van der Waals surface area contributed by atoms with Crippen LogP contribution in [0.15, 0.2) is 54.7 Å². The van der Waals surface area contributed by atoms with E-state index in [-0.39, 0.29) is 11.7 Å². The summed E-state index contributed by atoms with van der Waals surface area (Å²) in [6.07, 6.45) is 1.28. The van der Waals surface area contributed by atoms with Gasteiger partial charge in [0.15, 0.2) is 0 Å². The van der Waals surface area contributed by atoms with Gasteiger partial charge in [-0.15, -0.1) is 0 Å². The molecule has 0 aliphatic carbocycles. The third kappa shape index (κ3) is 3.10. The molecule has 0 aliphatic rings. The van der Waals surface area contributed by atoms with Gasteiger partial charge >= 0.3 is 5.97 Å². The highest BCUT2D eigenvalue weighted by Gasteiger charge is 2.24. The van der Waals surface area contributed by atoms with Crippen molar-refractivity contribution in [2.45, 2.75) is 13.0 Å². The largest absolute Gasteiger partial charge is 0.496 e. The maximum atomic E-state index is 13.8. The van der Waals surface area contributed by atoms with Crippen molar-refractivity contribution >= 4 is 5.97 Å². The van der Waals surface area contributed by atoms with E-state index in [0.717, 1.165) is 5.56 Å². The van der Waals surface area contributed by atoms with Crippen LogP contribution in [-0.4, -0.2) is 27.7 Å². The first-order valence-electron chi connectivity index (χ1n) is 7.72. The van der Waals surface area contributed by atoms with Crippen LogP contribution in [0.25, 0.3) is 11.4 Å². The molecule has 0 radical (unpaired) electrons. The van der Waals surface area contributed by atoms with Crippen LogP contribution in [0.1, 0.15) is 29.0 Å². The molecule has 128 valence electrons. The monoisotopic (exact) mass is 340 g/mol. The molecule has 0 bridgehead atoms. The van der Waals surface area contributed by atoms with E-state index in [4.69, 9.17) is 4.74 Å². The van der Waals surface area contributed by atoms with Crippen molar-refractivity contribution in [3.63, 3.8) is 0 Å². The smallest absolute Gasteiger partial charge is 0.354 e. The Morgan fingerprint density at radius 3 is 2.60 bits per heavy atom. The summed E-state index contributed by atoms with van der Waals surface area (Å²) in [5.41, 5.74) is 1.34. The number of carboxylic acids is 1. The minimum absolute atomic E-state index is 0.0256. The van der Waals surface area contributed by atoms with E-state index < -0.39 is 11.8 Å². The summed E-state index contributed by atoms with van der Waals surface area (Å²) in [5, 5.41) is 9.54. The number of carbonyl (C=O) groups is 1. The molecule has 1 aromatic heterocycles. The SMILES string of the molecule is COc1ccc(F)cc1-c1ncc(C(=O)O)n1[C@H](C)c1ccccc1. The standard InChI is InChI=1S/C19H17FN2O3/c1-12(13-6-4-3-5-7-13)22-16(19(23)24)11-21-18(22)15-10-14(20)8-9-17(15)25-2/h3-12H,1-2H3,(H,23,24)/t12-/m1/s1. The van der Waals surface area contributed by atoms with Gasteiger partial charge in [0.2, 0.25) is 0 Å². The lowest BCUT2D eigenvalue weighted by Crippen LogP contribution is -2.15. The first-order valence-corrected chi connectivity index (χ1v) is 7.72. The van der Waals surface area contributed by atoms with Crippen LogP contribution in [0.4, 0.5) is 4.39 Å². The molecule has 3 aromatic rings. The van der Waals surface area contributed by atoms with Gasteiger partial charge in [-0.05, 0) is 30.7 Å². The van der Waals surface area contributed by atoms with Crippen LogP contribution in [0.3, 0.4) is 0 Å². The number of imidazole rings is 1. The van der Waals surface area contributed by atoms with Gasteiger partial charge in [-0.2, -0.15) is 0 Å². The van der Waals surface area contributed by atoms with Crippen molar-refractivity contribution in [3.8, 4) is 17.1 Å². The summed E-state index contributed by atoms with van der Waals surface area (Å²) >= 11 is 0. The van der Waals surface area contributed by atoms with Gasteiger partial charge in [-0.25, -0.2) is 14.2 Å². The molecular weight excluding hydrogens is 323 g/mol. The highest BCUT2D eigenvalue weighted by Crippen LogP contribution is 2.34. The number of aromatic carboxylic acids is 1. The van der Waals surface area contributed by atoms with Crippen LogP contribution in [-0.2, 0) is 0 Å². The van der Waals surface area contributed by atoms with E-state index in [1.54, 1.807) is 4.57 Å². The van der Waals surface area contributed by atoms with E-state index >= 15 is 0 Å². The van der Waals surface area contributed by atoms with Gasteiger partial charge in [0, 0.05) is 0 Å². The lowest BCUT2D eigenvalue weighted by molar-refractivity contribution is 0.0684. The maximum Gasteiger partial charge on any atom is 0.354 e. The Bertz CT molecular complexity index is 906. The molecule has 3 rings (SSSR count). The van der Waals surface area contributed by atoms with E-state index in [0.29, 0.717) is 17.1 Å². The average Bonchev–Trinajstić information content (AvgIpc) is 3.07. The van der Waals surface area contributed by atoms with Gasteiger partial charge in [-0.1, -0.05) is 30.3 Å². The second kappa shape index (κ2) is 6.76. The van der Waals surface area contributed by atoms with Crippen LogP contribution in [0.2, 0.25) is 0 Å². The molecule has 2 aromatic carbocycles. The Morgan fingerprint density at radius 1 is 1.24 bits per heavy atom. The summed E-state index contributed by atoms with van der Waals surface area (Å²) < 4.78 is 20.7. The predicted molar refractivity (Wildman–Crippen MR) is 91.4 cm³/mol. The number of nitrogens with zero attached hydrogens (tertiary/aromatic N) is 2. The predicted octanol–water partition coefficient (Wildman–Crippen LogP) is 4.01. The number of ether oxygens (including phenoxy) is 1. The van der Waals surface area contributed by atoms with Crippen molar-refractivity contribution in [3.05, 3.63) is 71.8 Å². The van der Waals surface area contributed by atoms with Gasteiger partial charge in [0.25, 0.3) is 0 Å². The molecule has 0 spiro atoms. The van der Waals surface area contributed by atoms with Gasteiger partial charge in [0.05, 0.1) is 24.9 Å². The summed E-state index contributed by atoms with van der Waals surface area (Å²) in [6, 6.07) is 13.2. The Morgan fingerprint density at radius 2 is 1.96 bits per heavy atom. The minimum Gasteiger partial charge on any atom is -0.496 e. The fourth-order valence-corrected chi connectivity index (χ4v) is 2.85. The summed E-state index contributed by atoms with van der Waals surface area (Å²) in [6.45, 7) is 1.87. The molecule has 0 saturated carbocycles. The normalized spacial score (nSPS) is 12.0. The summed E-state index contributed by atoms with van der Waals surface area (Å²) in [4.78, 5) is 15.9. The zero-order chi connectivity index (χ0) is 18.0. The quantitative estimate of drug-likeness (QED) is 0.762. The van der Waals surface area contributed by atoms with Crippen molar-refractivity contribution in [2.24, 2.45) is 0 Å². The molecular formula is C19H17FN2O3. The molecule has 6 heteroatoms. The zero-order valence-electron chi connectivity index (χ0n) is 13.8. The lowest BCUT2D eigenvalue weighted by Gasteiger charge is -2.19. The van der Waals surface area contributed by atoms with Gasteiger partial charge in [-0.3, -0.25) is 0 Å². The van der Waals surface area contributed by atoms with E-state index in [2.05, 4.69) is 4.98 Å². The second-order valence-electron chi connectivity index (χ2n) is 5.57. The third-order valence-electron chi connectivity index (χ3n) is 4.09. The van der Waals surface area contributed by atoms with Crippen LogP contribution < -0.4 is 4.74 Å². The van der Waals surface area contributed by atoms with Crippen molar-refractivity contribution in [2.75, 3.05) is 7.11 Å². The molecule has 0 amide bonds. The highest BCUT2D eigenvalue weighted by molar-refractivity contribution is 5.87. The Kier molecular flexibility index (Phi) is 4.52. The molecule has 5 nitrogen and oxygen atoms in total. The lowest BCUT2D eigenvalue weighted by atomic mass is 10.1. The Labute approximate surface area is 144 Å². The van der Waals surface area contributed by atoms with E-state index in [1.165, 1.54) is 31.5 Å². The zero-order valence-corrected chi connectivity index (χ0v) is 13.8. The first kappa shape index (κ1) is 16.7. The first-order chi connectivity index (χ1) is 12.0. The molecule has 0 aliphatic heterocycles. The number of halogens is 1. The van der Waals surface area contributed by atoms with Crippen LogP contribution >= 0.6 is 0 Å². The number of hydrogen-bond acceptors (Lipinski definition) is 3. The number of rotatable bonds is 5. The molecule has 0 unspecified atom stereocenters. The number of carboxylic acid groups (broad SMARTS) is 1. The number of aromatic nitrogens is 2. The summed E-state index contributed by atoms with van der Waals surface area (Å²) in [5.74, 6) is -0.790. The van der Waals surface area contributed by atoms with Gasteiger partial charge < -0.3 is 14.4 Å². The molecule has 1 N–H and O–H groups in total. The number of benzene rings is 2. The number of methoxy groups -OCH3 is 1. The fraction of sp³-hybridized carbons (Fsp3) is 0.158. The summed E-state index contributed by atoms with van der Waals surface area (Å²) in [7, 11) is 1.47. The van der Waals surface area contributed by atoms with Crippen LogP contribution in [0, 0.1) is 5.82 Å². The van der Waals surface area contributed by atoms with Crippen molar-refractivity contribution < 1.29 is 19.0 Å². The number of hydrogen-bond donors (Lipinski definition) is 1. The Hall–Kier alpha value is -3.15. The topological polar surface area (TPSA) is 64.3 Å². The van der Waals surface area contributed by atoms with E-state index in [9.17, 15) is 14.3 Å². The third-order valence-corrected chi connectivity index (χ3v) is 4.09. The second-order valence-corrected chi connectivity index (χ2v) is 5.57. The molecule has 0 saturated heterocycles. The van der Waals surface area contributed by atoms with Crippen molar-refractivity contribution in [1.82, 2.24) is 9.55 Å². The van der Waals surface area contributed by atoms with Crippen LogP contribution in [0.5, 0.6) is 5.75 Å². The maximum absolute atomic E-state index is 13.8. The average molecular weight is 340 g/mol. The fourth-order valence-electron chi connectivity index (χ4n) is 2.85. The molecule has 1 heterocycles. The Balaban J connectivity index is 2.23. The van der Waals surface area contributed by atoms with Gasteiger partial charge in [0.1, 0.15) is 23.1 Å². The molecule has 0 fully saturated rings. The van der Waals surface area contributed by atoms with Crippen molar-refractivity contribution in [1.29, 1.82) is 0 Å².